The van der Waals surface area contributed by atoms with E-state index in [9.17, 15) is 9.59 Å². The zero-order valence-electron chi connectivity index (χ0n) is 18.8. The SMILES string of the molecule is CCc1cc2c(=O)c(-c3ccc4c(c3)OCCO4)coc2cc1OC(=O)c1ccccc1OC. The van der Waals surface area contributed by atoms with E-state index in [0.717, 1.165) is 0 Å². The van der Waals surface area contributed by atoms with Crippen molar-refractivity contribution >= 4 is 16.9 Å². The Morgan fingerprint density at radius 2 is 1.76 bits per heavy atom. The number of carbonyl (C=O) groups is 1. The molecule has 3 aromatic carbocycles. The number of fused-ring (bicyclic) bond motifs is 2. The van der Waals surface area contributed by atoms with Crippen LogP contribution >= 0.6 is 0 Å². The number of esters is 1. The number of hydrogen-bond donors (Lipinski definition) is 0. The molecule has 1 aromatic heterocycles. The van der Waals surface area contributed by atoms with Crippen molar-refractivity contribution in [2.45, 2.75) is 13.3 Å². The molecule has 2 heterocycles. The fourth-order valence-electron chi connectivity index (χ4n) is 3.95. The number of methoxy groups -OCH3 is 1. The molecule has 172 valence electrons. The van der Waals surface area contributed by atoms with E-state index in [1.807, 2.05) is 6.92 Å². The molecule has 7 heteroatoms. The normalized spacial score (nSPS) is 12.4. The van der Waals surface area contributed by atoms with E-state index < -0.39 is 5.97 Å². The first-order valence-electron chi connectivity index (χ1n) is 10.9. The van der Waals surface area contributed by atoms with Crippen molar-refractivity contribution in [1.29, 1.82) is 0 Å². The minimum Gasteiger partial charge on any atom is -0.496 e. The molecule has 0 radical (unpaired) electrons. The molecule has 34 heavy (non-hydrogen) atoms. The minimum absolute atomic E-state index is 0.185. The van der Waals surface area contributed by atoms with E-state index in [4.69, 9.17) is 23.4 Å². The van der Waals surface area contributed by atoms with Gasteiger partial charge in [-0.25, -0.2) is 4.79 Å². The summed E-state index contributed by atoms with van der Waals surface area (Å²) in [5, 5.41) is 0.404. The highest BCUT2D eigenvalue weighted by atomic mass is 16.6. The molecule has 0 saturated heterocycles. The zero-order chi connectivity index (χ0) is 23.7. The number of hydrogen-bond acceptors (Lipinski definition) is 7. The number of aryl methyl sites for hydroxylation is 1. The second-order valence-corrected chi connectivity index (χ2v) is 7.74. The third-order valence-electron chi connectivity index (χ3n) is 5.72. The summed E-state index contributed by atoms with van der Waals surface area (Å²) in [5.41, 5.74) is 2.24. The van der Waals surface area contributed by atoms with Crippen LogP contribution in [0.3, 0.4) is 0 Å². The summed E-state index contributed by atoms with van der Waals surface area (Å²) in [6.07, 6.45) is 1.96. The molecule has 0 N–H and O–H groups in total. The lowest BCUT2D eigenvalue weighted by molar-refractivity contribution is 0.0730. The molecule has 0 atom stereocenters. The lowest BCUT2D eigenvalue weighted by atomic mass is 10.0. The van der Waals surface area contributed by atoms with Crippen molar-refractivity contribution in [1.82, 2.24) is 0 Å². The maximum absolute atomic E-state index is 13.3. The average molecular weight is 458 g/mol. The number of carbonyl (C=O) groups excluding carboxylic acids is 1. The van der Waals surface area contributed by atoms with Gasteiger partial charge in [0.25, 0.3) is 0 Å². The molecule has 0 unspecified atom stereocenters. The fraction of sp³-hybridized carbons (Fsp3) is 0.185. The van der Waals surface area contributed by atoms with Gasteiger partial charge >= 0.3 is 5.97 Å². The average Bonchev–Trinajstić information content (AvgIpc) is 2.88. The second-order valence-electron chi connectivity index (χ2n) is 7.74. The molecular weight excluding hydrogens is 436 g/mol. The van der Waals surface area contributed by atoms with Gasteiger partial charge in [0.15, 0.2) is 11.5 Å². The van der Waals surface area contributed by atoms with Gasteiger partial charge in [0, 0.05) is 6.07 Å². The Bertz CT molecular complexity index is 1450. The molecule has 7 nitrogen and oxygen atoms in total. The summed E-state index contributed by atoms with van der Waals surface area (Å²) in [5.74, 6) is 1.44. The molecular formula is C27H22O7. The smallest absolute Gasteiger partial charge is 0.347 e. The molecule has 5 rings (SSSR count). The van der Waals surface area contributed by atoms with Crippen molar-refractivity contribution in [3.63, 3.8) is 0 Å². The van der Waals surface area contributed by atoms with Gasteiger partial charge in [-0.2, -0.15) is 0 Å². The third kappa shape index (κ3) is 3.85. The first-order chi connectivity index (χ1) is 16.6. The van der Waals surface area contributed by atoms with Crippen molar-refractivity contribution < 1.29 is 28.2 Å². The van der Waals surface area contributed by atoms with Gasteiger partial charge < -0.3 is 23.4 Å². The first kappa shape index (κ1) is 21.6. The Morgan fingerprint density at radius 1 is 0.971 bits per heavy atom. The largest absolute Gasteiger partial charge is 0.496 e. The van der Waals surface area contributed by atoms with Gasteiger partial charge in [-0.3, -0.25) is 4.79 Å². The molecule has 4 aromatic rings. The maximum atomic E-state index is 13.3. The van der Waals surface area contributed by atoms with Gasteiger partial charge in [-0.1, -0.05) is 25.1 Å². The Kier molecular flexibility index (Phi) is 5.67. The fourth-order valence-corrected chi connectivity index (χ4v) is 3.95. The van der Waals surface area contributed by atoms with Gasteiger partial charge in [0.2, 0.25) is 5.43 Å². The number of para-hydroxylation sites is 1. The lowest BCUT2D eigenvalue weighted by Crippen LogP contribution is -2.15. The molecule has 0 bridgehead atoms. The second kappa shape index (κ2) is 8.94. The van der Waals surface area contributed by atoms with E-state index in [0.29, 0.717) is 75.9 Å². The Labute approximate surface area is 195 Å². The van der Waals surface area contributed by atoms with Gasteiger partial charge in [-0.05, 0) is 47.9 Å². The third-order valence-corrected chi connectivity index (χ3v) is 5.72. The van der Waals surface area contributed by atoms with Crippen LogP contribution in [0.1, 0.15) is 22.8 Å². The summed E-state index contributed by atoms with van der Waals surface area (Å²) in [6.45, 7) is 2.88. The quantitative estimate of drug-likeness (QED) is 0.307. The Morgan fingerprint density at radius 3 is 2.56 bits per heavy atom. The monoisotopic (exact) mass is 458 g/mol. The van der Waals surface area contributed by atoms with Crippen LogP contribution in [0.5, 0.6) is 23.0 Å². The van der Waals surface area contributed by atoms with Crippen molar-refractivity contribution in [2.24, 2.45) is 0 Å². The summed E-state index contributed by atoms with van der Waals surface area (Å²) >= 11 is 0. The van der Waals surface area contributed by atoms with E-state index in [2.05, 4.69) is 0 Å². The lowest BCUT2D eigenvalue weighted by Gasteiger charge is -2.18. The summed E-state index contributed by atoms with van der Waals surface area (Å²) < 4.78 is 27.9. The summed E-state index contributed by atoms with van der Waals surface area (Å²) in [4.78, 5) is 26.2. The summed E-state index contributed by atoms with van der Waals surface area (Å²) in [7, 11) is 1.49. The molecule has 0 aliphatic carbocycles. The zero-order valence-corrected chi connectivity index (χ0v) is 18.8. The van der Waals surface area contributed by atoms with Crippen molar-refractivity contribution in [3.8, 4) is 34.1 Å². The molecule has 1 aliphatic rings. The van der Waals surface area contributed by atoms with Crippen LogP contribution in [0.2, 0.25) is 0 Å². The highest BCUT2D eigenvalue weighted by molar-refractivity contribution is 5.95. The molecule has 0 spiro atoms. The van der Waals surface area contributed by atoms with E-state index in [1.165, 1.54) is 13.4 Å². The van der Waals surface area contributed by atoms with Crippen LogP contribution in [-0.2, 0) is 6.42 Å². The van der Waals surface area contributed by atoms with Crippen LogP contribution in [0.25, 0.3) is 22.1 Å². The highest BCUT2D eigenvalue weighted by Crippen LogP contribution is 2.35. The van der Waals surface area contributed by atoms with Crippen molar-refractivity contribution in [3.05, 3.63) is 82.2 Å². The first-order valence-corrected chi connectivity index (χ1v) is 10.9. The number of ether oxygens (including phenoxy) is 4. The predicted octanol–water partition coefficient (Wildman–Crippen LogP) is 5.02. The van der Waals surface area contributed by atoms with Gasteiger partial charge in [0.05, 0.1) is 18.1 Å². The topological polar surface area (TPSA) is 84.2 Å². The standard InChI is InChI=1S/C27H22O7/c1-3-16-12-19-24(14-23(16)34-27(29)18-6-4-5-7-21(18)30-2)33-15-20(26(19)28)17-8-9-22-25(13-17)32-11-10-31-22/h4-9,12-15H,3,10-11H2,1-2H3. The molecule has 0 fully saturated rings. The van der Waals surface area contributed by atoms with Crippen LogP contribution in [0, 0.1) is 0 Å². The van der Waals surface area contributed by atoms with Crippen LogP contribution in [0.4, 0.5) is 0 Å². The van der Waals surface area contributed by atoms with Gasteiger partial charge in [-0.15, -0.1) is 0 Å². The Balaban J connectivity index is 1.53. The summed E-state index contributed by atoms with van der Waals surface area (Å²) in [6, 6.07) is 15.5. The van der Waals surface area contributed by atoms with Crippen molar-refractivity contribution in [2.75, 3.05) is 20.3 Å². The van der Waals surface area contributed by atoms with E-state index in [1.54, 1.807) is 54.6 Å². The maximum Gasteiger partial charge on any atom is 0.347 e. The number of rotatable bonds is 5. The molecule has 0 saturated carbocycles. The minimum atomic E-state index is -0.554. The molecule has 0 amide bonds. The van der Waals surface area contributed by atoms with Crippen LogP contribution in [-0.4, -0.2) is 26.3 Å². The van der Waals surface area contributed by atoms with E-state index in [-0.39, 0.29) is 5.43 Å². The predicted molar refractivity (Wildman–Crippen MR) is 126 cm³/mol. The highest BCUT2D eigenvalue weighted by Gasteiger charge is 2.19. The van der Waals surface area contributed by atoms with Crippen LogP contribution in [0.15, 0.2) is 70.1 Å². The Hall–Kier alpha value is -4.26. The van der Waals surface area contributed by atoms with E-state index >= 15 is 0 Å². The number of benzene rings is 3. The molecule has 1 aliphatic heterocycles. The van der Waals surface area contributed by atoms with Crippen LogP contribution < -0.4 is 24.4 Å². The van der Waals surface area contributed by atoms with Gasteiger partial charge in [0.1, 0.15) is 42.1 Å².